The van der Waals surface area contributed by atoms with E-state index in [-0.39, 0.29) is 29.6 Å². The van der Waals surface area contributed by atoms with Gasteiger partial charge >= 0.3 is 5.97 Å². The van der Waals surface area contributed by atoms with E-state index in [2.05, 4.69) is 117 Å². The fourth-order valence-electron chi connectivity index (χ4n) is 6.35. The molecular weight excluding hydrogens is 478 g/mol. The molecule has 4 aromatic carbocycles. The van der Waals surface area contributed by atoms with Crippen molar-refractivity contribution in [3.8, 4) is 0 Å². The predicted molar refractivity (Wildman–Crippen MR) is 161 cm³/mol. The Morgan fingerprint density at radius 3 is 2.08 bits per heavy atom. The second-order valence-corrected chi connectivity index (χ2v) is 11.7. The zero-order valence-electron chi connectivity index (χ0n) is 23.5. The summed E-state index contributed by atoms with van der Waals surface area (Å²) >= 11 is 0. The molecule has 0 unspecified atom stereocenters. The maximum absolute atomic E-state index is 13.3. The molecule has 0 bridgehead atoms. The maximum Gasteiger partial charge on any atom is 0.307 e. The second-order valence-electron chi connectivity index (χ2n) is 11.7. The summed E-state index contributed by atoms with van der Waals surface area (Å²) in [4.78, 5) is 13.3. The van der Waals surface area contributed by atoms with Crippen LogP contribution in [0.1, 0.15) is 75.6 Å². The zero-order valence-corrected chi connectivity index (χ0v) is 23.5. The van der Waals surface area contributed by atoms with Crippen LogP contribution in [0, 0.1) is 5.92 Å². The lowest BCUT2D eigenvalue weighted by molar-refractivity contribution is -0.156. The topological polar surface area (TPSA) is 38.3 Å². The van der Waals surface area contributed by atoms with Crippen LogP contribution in [0.15, 0.2) is 103 Å². The highest BCUT2D eigenvalue weighted by Crippen LogP contribution is 2.43. The minimum Gasteiger partial charge on any atom is -0.462 e. The molecule has 1 aliphatic rings. The van der Waals surface area contributed by atoms with Gasteiger partial charge in [0.1, 0.15) is 6.10 Å². The quantitative estimate of drug-likeness (QED) is 0.226. The van der Waals surface area contributed by atoms with Crippen LogP contribution in [0.2, 0.25) is 0 Å². The molecule has 1 N–H and O–H groups in total. The summed E-state index contributed by atoms with van der Waals surface area (Å²) in [5, 5.41) is 6.22. The molecule has 3 heteroatoms. The van der Waals surface area contributed by atoms with E-state index in [9.17, 15) is 4.79 Å². The summed E-state index contributed by atoms with van der Waals surface area (Å²) < 4.78 is 6.28. The number of hydrogen-bond acceptors (Lipinski definition) is 3. The van der Waals surface area contributed by atoms with Gasteiger partial charge in [-0.15, -0.1) is 0 Å². The van der Waals surface area contributed by atoms with Crippen molar-refractivity contribution in [3.05, 3.63) is 120 Å². The van der Waals surface area contributed by atoms with Crippen molar-refractivity contribution in [2.24, 2.45) is 5.92 Å². The van der Waals surface area contributed by atoms with Crippen LogP contribution in [0.4, 0.5) is 0 Å². The summed E-state index contributed by atoms with van der Waals surface area (Å²) in [5.41, 5.74) is 3.60. The van der Waals surface area contributed by atoms with Gasteiger partial charge in [-0.3, -0.25) is 4.79 Å². The van der Waals surface area contributed by atoms with Gasteiger partial charge in [-0.1, -0.05) is 123 Å². The van der Waals surface area contributed by atoms with Crippen LogP contribution in [0.3, 0.4) is 0 Å². The van der Waals surface area contributed by atoms with E-state index < -0.39 is 0 Å². The van der Waals surface area contributed by atoms with Gasteiger partial charge < -0.3 is 10.1 Å². The molecule has 202 valence electrons. The smallest absolute Gasteiger partial charge is 0.307 e. The first kappa shape index (κ1) is 27.1. The Kier molecular flexibility index (Phi) is 8.47. The Balaban J connectivity index is 1.27. The van der Waals surface area contributed by atoms with Crippen molar-refractivity contribution in [2.75, 3.05) is 0 Å². The molecule has 1 saturated carbocycles. The van der Waals surface area contributed by atoms with Gasteiger partial charge in [0.25, 0.3) is 0 Å². The third-order valence-corrected chi connectivity index (χ3v) is 8.60. The van der Waals surface area contributed by atoms with E-state index in [0.717, 1.165) is 19.3 Å². The molecule has 0 heterocycles. The average molecular weight is 520 g/mol. The van der Waals surface area contributed by atoms with E-state index >= 15 is 0 Å². The molecule has 0 aromatic heterocycles. The Morgan fingerprint density at radius 1 is 0.821 bits per heavy atom. The van der Waals surface area contributed by atoms with Gasteiger partial charge in [-0.05, 0) is 59.1 Å². The molecule has 1 aliphatic carbocycles. The highest BCUT2D eigenvalue weighted by atomic mass is 16.5. The number of fused-ring (bicyclic) bond motifs is 1. The molecular formula is C36H41NO2. The Labute approximate surface area is 233 Å². The Morgan fingerprint density at radius 2 is 1.41 bits per heavy atom. The molecule has 39 heavy (non-hydrogen) atoms. The van der Waals surface area contributed by atoms with Gasteiger partial charge in [0.15, 0.2) is 0 Å². The summed E-state index contributed by atoms with van der Waals surface area (Å²) in [5.74, 6) is 0.182. The van der Waals surface area contributed by atoms with Crippen molar-refractivity contribution in [2.45, 2.75) is 76.5 Å². The molecule has 0 saturated heterocycles. The van der Waals surface area contributed by atoms with Crippen LogP contribution in [-0.4, -0.2) is 18.1 Å². The van der Waals surface area contributed by atoms with E-state index in [0.29, 0.717) is 12.3 Å². The Bertz CT molecular complexity index is 1330. The summed E-state index contributed by atoms with van der Waals surface area (Å²) in [6, 6.07) is 36.2. The van der Waals surface area contributed by atoms with Crippen LogP contribution < -0.4 is 5.32 Å². The fourth-order valence-corrected chi connectivity index (χ4v) is 6.35. The molecule has 0 radical (unpaired) electrons. The first-order valence-electron chi connectivity index (χ1n) is 14.5. The molecule has 3 atom stereocenters. The fraction of sp³-hybridized carbons (Fsp3) is 0.361. The summed E-state index contributed by atoms with van der Waals surface area (Å²) in [6.45, 7) is 6.72. The lowest BCUT2D eigenvalue weighted by Gasteiger charge is -2.42. The number of rotatable bonds is 9. The molecule has 5 rings (SSSR count). The van der Waals surface area contributed by atoms with Crippen molar-refractivity contribution >= 4 is 16.7 Å². The SMILES string of the molecule is C[C@@H](CC(=O)O[C@H]1CCCC[C@@H]1C(C)(C)c1ccc2ccccc2c1)NC(c1ccccc1)c1ccccc1. The van der Waals surface area contributed by atoms with E-state index in [1.54, 1.807) is 0 Å². The number of hydrogen-bond donors (Lipinski definition) is 1. The minimum absolute atomic E-state index is 0.0180. The summed E-state index contributed by atoms with van der Waals surface area (Å²) in [7, 11) is 0. The number of ether oxygens (including phenoxy) is 1. The van der Waals surface area contributed by atoms with Gasteiger partial charge in [-0.2, -0.15) is 0 Å². The highest BCUT2D eigenvalue weighted by Gasteiger charge is 2.40. The van der Waals surface area contributed by atoms with E-state index in [1.165, 1.54) is 33.9 Å². The molecule has 4 aromatic rings. The molecule has 3 nitrogen and oxygen atoms in total. The number of carbonyl (C=O) groups is 1. The maximum atomic E-state index is 13.3. The molecule has 0 amide bonds. The predicted octanol–water partition coefficient (Wildman–Crippen LogP) is 8.38. The van der Waals surface area contributed by atoms with E-state index in [4.69, 9.17) is 4.74 Å². The first-order valence-corrected chi connectivity index (χ1v) is 14.5. The number of benzene rings is 4. The van der Waals surface area contributed by atoms with Crippen LogP contribution in [0.25, 0.3) is 10.8 Å². The standard InChI is InChI=1S/C36H41NO2/c1-26(37-35(28-15-6-4-7-16-28)29-17-8-5-9-18-29)24-34(38)39-33-21-13-12-20-32(33)36(2,3)31-23-22-27-14-10-11-19-30(27)25-31/h4-11,14-19,22-23,25-26,32-33,35,37H,12-13,20-21,24H2,1-3H3/t26-,32-,33-/m0/s1. The second kappa shape index (κ2) is 12.2. The summed E-state index contributed by atoms with van der Waals surface area (Å²) in [6.07, 6.45) is 4.60. The molecule has 1 fully saturated rings. The lowest BCUT2D eigenvalue weighted by Crippen LogP contribution is -2.42. The average Bonchev–Trinajstić information content (AvgIpc) is 2.96. The van der Waals surface area contributed by atoms with Crippen LogP contribution in [-0.2, 0) is 14.9 Å². The van der Waals surface area contributed by atoms with Gasteiger partial charge in [0.05, 0.1) is 12.5 Å². The number of carbonyl (C=O) groups excluding carboxylic acids is 1. The number of nitrogens with one attached hydrogen (secondary N) is 1. The molecule has 0 spiro atoms. The third kappa shape index (κ3) is 6.42. The number of esters is 1. The van der Waals surface area contributed by atoms with Crippen molar-refractivity contribution < 1.29 is 9.53 Å². The van der Waals surface area contributed by atoms with Gasteiger partial charge in [0, 0.05) is 12.0 Å². The highest BCUT2D eigenvalue weighted by molar-refractivity contribution is 5.83. The minimum atomic E-state index is -0.110. The van der Waals surface area contributed by atoms with E-state index in [1.807, 2.05) is 12.1 Å². The largest absolute Gasteiger partial charge is 0.462 e. The lowest BCUT2D eigenvalue weighted by atomic mass is 9.66. The zero-order chi connectivity index (χ0) is 27.2. The van der Waals surface area contributed by atoms with Gasteiger partial charge in [-0.25, -0.2) is 0 Å². The van der Waals surface area contributed by atoms with Crippen molar-refractivity contribution in [3.63, 3.8) is 0 Å². The van der Waals surface area contributed by atoms with Gasteiger partial charge in [0.2, 0.25) is 0 Å². The van der Waals surface area contributed by atoms with Crippen LogP contribution in [0.5, 0.6) is 0 Å². The van der Waals surface area contributed by atoms with Crippen LogP contribution >= 0.6 is 0 Å². The Hall–Kier alpha value is -3.43. The molecule has 0 aliphatic heterocycles. The van der Waals surface area contributed by atoms with Crippen molar-refractivity contribution in [1.29, 1.82) is 0 Å². The monoisotopic (exact) mass is 519 g/mol. The first-order chi connectivity index (χ1) is 18.9. The normalized spacial score (nSPS) is 18.7. The van der Waals surface area contributed by atoms with Crippen molar-refractivity contribution in [1.82, 2.24) is 5.32 Å². The third-order valence-electron chi connectivity index (χ3n) is 8.60.